The number of ketones is 1. The molecule has 1 amide bonds. The second kappa shape index (κ2) is 8.41. The predicted molar refractivity (Wildman–Crippen MR) is 115 cm³/mol. The molecule has 0 saturated carbocycles. The van der Waals surface area contributed by atoms with Crippen LogP contribution in [0.15, 0.2) is 48.6 Å². The number of nitrogens with zero attached hydrogens (tertiary/aromatic N) is 5. The number of benzene rings is 1. The fourth-order valence-corrected chi connectivity index (χ4v) is 4.23. The third-order valence-corrected chi connectivity index (χ3v) is 5.82. The number of halogens is 1. The molecule has 0 unspecified atom stereocenters. The smallest absolute Gasteiger partial charge is 0.295 e. The number of carbonyl (C=O) groups excluding carboxylic acids is 2. The van der Waals surface area contributed by atoms with Crippen LogP contribution < -0.4 is 0 Å². The van der Waals surface area contributed by atoms with E-state index in [2.05, 4.69) is 10.1 Å². The molecule has 0 radical (unpaired) electrons. The monoisotopic (exact) mass is 437 g/mol. The highest BCUT2D eigenvalue weighted by molar-refractivity contribution is 6.46. The average molecular weight is 437 g/mol. The van der Waals surface area contributed by atoms with Crippen LogP contribution in [0.25, 0.3) is 5.76 Å². The van der Waals surface area contributed by atoms with E-state index >= 15 is 0 Å². The van der Waals surface area contributed by atoms with E-state index in [1.807, 2.05) is 10.8 Å². The summed E-state index contributed by atoms with van der Waals surface area (Å²) in [7, 11) is 1.73. The lowest BCUT2D eigenvalue weighted by atomic mass is 9.94. The fraction of sp³-hybridized carbons (Fsp3) is 0.304. The highest BCUT2D eigenvalue weighted by atomic mass is 19.1. The van der Waals surface area contributed by atoms with Gasteiger partial charge >= 0.3 is 0 Å². The minimum Gasteiger partial charge on any atom is -0.507 e. The topological polar surface area (TPSA) is 93.2 Å². The van der Waals surface area contributed by atoms with Gasteiger partial charge in [0.25, 0.3) is 11.7 Å². The lowest BCUT2D eigenvalue weighted by molar-refractivity contribution is -0.139. The van der Waals surface area contributed by atoms with E-state index in [0.29, 0.717) is 35.5 Å². The lowest BCUT2D eigenvalue weighted by Crippen LogP contribution is -2.31. The van der Waals surface area contributed by atoms with E-state index in [0.717, 1.165) is 0 Å². The number of aryl methyl sites for hydroxylation is 3. The van der Waals surface area contributed by atoms with Crippen molar-refractivity contribution in [1.82, 2.24) is 24.2 Å². The Morgan fingerprint density at radius 2 is 2.00 bits per heavy atom. The number of hydrogen-bond donors (Lipinski definition) is 1. The van der Waals surface area contributed by atoms with E-state index in [9.17, 15) is 19.1 Å². The molecule has 1 atom stereocenters. The number of likely N-dealkylation sites (tertiary alicyclic amines) is 1. The first-order valence-corrected chi connectivity index (χ1v) is 10.3. The van der Waals surface area contributed by atoms with Crippen LogP contribution in [0.3, 0.4) is 0 Å². The average Bonchev–Trinajstić information content (AvgIpc) is 3.42. The summed E-state index contributed by atoms with van der Waals surface area (Å²) in [5.41, 5.74) is 1.97. The van der Waals surface area contributed by atoms with Crippen LogP contribution in [0.5, 0.6) is 0 Å². The van der Waals surface area contributed by atoms with Crippen molar-refractivity contribution in [3.63, 3.8) is 0 Å². The van der Waals surface area contributed by atoms with E-state index in [-0.39, 0.29) is 17.9 Å². The quantitative estimate of drug-likeness (QED) is 0.364. The lowest BCUT2D eigenvalue weighted by Gasteiger charge is -2.25. The summed E-state index contributed by atoms with van der Waals surface area (Å²) >= 11 is 0. The summed E-state index contributed by atoms with van der Waals surface area (Å²) in [6.45, 7) is 4.35. The van der Waals surface area contributed by atoms with Crippen LogP contribution in [0.1, 0.15) is 35.0 Å². The van der Waals surface area contributed by atoms with E-state index in [4.69, 9.17) is 0 Å². The molecule has 3 aromatic rings. The van der Waals surface area contributed by atoms with Gasteiger partial charge in [-0.05, 0) is 38.0 Å². The third-order valence-electron chi connectivity index (χ3n) is 5.82. The maximum atomic E-state index is 14.1. The number of aliphatic hydroxyl groups excluding tert-OH is 1. The number of aromatic nitrogens is 4. The molecule has 2 aromatic heterocycles. The Bertz CT molecular complexity index is 1210. The van der Waals surface area contributed by atoms with Gasteiger partial charge in [0.2, 0.25) is 0 Å². The molecule has 1 aromatic carbocycles. The molecule has 32 heavy (non-hydrogen) atoms. The van der Waals surface area contributed by atoms with Crippen molar-refractivity contribution in [2.24, 2.45) is 7.05 Å². The van der Waals surface area contributed by atoms with Crippen LogP contribution >= 0.6 is 0 Å². The molecule has 9 heteroatoms. The highest BCUT2D eigenvalue weighted by Gasteiger charge is 2.46. The van der Waals surface area contributed by atoms with Crippen LogP contribution in [-0.4, -0.2) is 47.6 Å². The van der Waals surface area contributed by atoms with Gasteiger partial charge in [-0.1, -0.05) is 12.1 Å². The van der Waals surface area contributed by atoms with Crippen LogP contribution in [0.2, 0.25) is 0 Å². The van der Waals surface area contributed by atoms with Gasteiger partial charge in [0, 0.05) is 38.2 Å². The second-order valence-corrected chi connectivity index (χ2v) is 7.87. The van der Waals surface area contributed by atoms with Crippen LogP contribution in [0.4, 0.5) is 4.39 Å². The van der Waals surface area contributed by atoms with Gasteiger partial charge in [0.1, 0.15) is 11.6 Å². The summed E-state index contributed by atoms with van der Waals surface area (Å²) in [4.78, 5) is 31.5. The Morgan fingerprint density at radius 1 is 1.22 bits per heavy atom. The molecule has 0 bridgehead atoms. The normalized spacial score (nSPS) is 18.0. The zero-order valence-corrected chi connectivity index (χ0v) is 18.1. The number of Topliss-reactive ketones (excluding diaryl/α,β-unsaturated/α-hetero) is 1. The van der Waals surface area contributed by atoms with Crippen molar-refractivity contribution >= 4 is 17.4 Å². The largest absolute Gasteiger partial charge is 0.507 e. The van der Waals surface area contributed by atoms with E-state index in [1.165, 1.54) is 23.1 Å². The summed E-state index contributed by atoms with van der Waals surface area (Å²) in [6.07, 6.45) is 5.70. The maximum absolute atomic E-state index is 14.1. The van der Waals surface area contributed by atoms with Crippen molar-refractivity contribution in [2.45, 2.75) is 32.9 Å². The molecule has 166 valence electrons. The number of carbonyl (C=O) groups is 2. The van der Waals surface area contributed by atoms with Crippen LogP contribution in [-0.2, 0) is 23.2 Å². The fourth-order valence-electron chi connectivity index (χ4n) is 4.23. The second-order valence-electron chi connectivity index (χ2n) is 7.87. The van der Waals surface area contributed by atoms with Gasteiger partial charge in [-0.25, -0.2) is 9.37 Å². The van der Waals surface area contributed by atoms with Crippen molar-refractivity contribution in [1.29, 1.82) is 0 Å². The highest BCUT2D eigenvalue weighted by Crippen LogP contribution is 2.40. The summed E-state index contributed by atoms with van der Waals surface area (Å²) < 4.78 is 17.5. The first-order valence-electron chi connectivity index (χ1n) is 10.3. The molecular weight excluding hydrogens is 413 g/mol. The SMILES string of the molecule is Cc1nn(C)c(C)c1C(O)=C1C(=O)C(=O)N(CCCn2ccnc2)[C@H]1c1cccc(F)c1. The van der Waals surface area contributed by atoms with Gasteiger partial charge in [0.05, 0.1) is 29.2 Å². The van der Waals surface area contributed by atoms with Crippen LogP contribution in [0, 0.1) is 19.7 Å². The van der Waals surface area contributed by atoms with Gasteiger partial charge in [-0.2, -0.15) is 5.10 Å². The summed E-state index contributed by atoms with van der Waals surface area (Å²) in [6, 6.07) is 4.86. The predicted octanol–water partition coefficient (Wildman–Crippen LogP) is 2.88. The molecule has 1 aliphatic rings. The minimum absolute atomic E-state index is 0.0533. The van der Waals surface area contributed by atoms with Crippen molar-refractivity contribution < 1.29 is 19.1 Å². The van der Waals surface area contributed by atoms with Crippen molar-refractivity contribution in [3.05, 3.63) is 76.9 Å². The minimum atomic E-state index is -0.896. The zero-order chi connectivity index (χ0) is 23.0. The Labute approximate surface area is 184 Å². The molecule has 8 nitrogen and oxygen atoms in total. The van der Waals surface area contributed by atoms with Gasteiger partial charge in [-0.15, -0.1) is 0 Å². The van der Waals surface area contributed by atoms with Gasteiger partial charge < -0.3 is 14.6 Å². The molecule has 1 fully saturated rings. The van der Waals surface area contributed by atoms with Crippen molar-refractivity contribution in [3.8, 4) is 0 Å². The first kappa shape index (κ1) is 21.5. The Balaban J connectivity index is 1.79. The number of hydrogen-bond acceptors (Lipinski definition) is 5. The Kier molecular flexibility index (Phi) is 5.65. The maximum Gasteiger partial charge on any atom is 0.295 e. The summed E-state index contributed by atoms with van der Waals surface area (Å²) in [5, 5.41) is 15.5. The molecule has 3 heterocycles. The summed E-state index contributed by atoms with van der Waals surface area (Å²) in [5.74, 6) is -2.29. The molecule has 1 N–H and O–H groups in total. The Hall–Kier alpha value is -3.75. The number of rotatable bonds is 6. The molecular formula is C23H24FN5O3. The number of imidazole rings is 1. The molecule has 1 aliphatic heterocycles. The zero-order valence-electron chi connectivity index (χ0n) is 18.1. The van der Waals surface area contributed by atoms with Gasteiger partial charge in [0.15, 0.2) is 0 Å². The molecule has 4 rings (SSSR count). The molecule has 1 saturated heterocycles. The third kappa shape index (κ3) is 3.70. The standard InChI is InChI=1S/C23H24FN5O3/c1-14-18(15(2)27(3)26-14)21(30)19-20(16-6-4-7-17(24)12-16)29(23(32)22(19)31)10-5-9-28-11-8-25-13-28/h4,6-8,11-13,20,30H,5,9-10H2,1-3H3/t20-/m0/s1. The molecule has 0 spiro atoms. The van der Waals surface area contributed by atoms with E-state index < -0.39 is 23.5 Å². The number of amides is 1. The molecule has 0 aliphatic carbocycles. The van der Waals surface area contributed by atoms with Gasteiger partial charge in [-0.3, -0.25) is 14.3 Å². The van der Waals surface area contributed by atoms with Crippen molar-refractivity contribution in [2.75, 3.05) is 6.54 Å². The number of aliphatic hydroxyl groups is 1. The Morgan fingerprint density at radius 3 is 2.62 bits per heavy atom. The van der Waals surface area contributed by atoms with E-state index in [1.54, 1.807) is 44.2 Å². The first-order chi connectivity index (χ1) is 15.3.